The van der Waals surface area contributed by atoms with Gasteiger partial charge in [0.05, 0.1) is 11.3 Å². The molecule has 0 bridgehead atoms. The molecular formula is C32H38F3N. The zero-order valence-corrected chi connectivity index (χ0v) is 22.7. The molecule has 1 heterocycles. The Hall–Kier alpha value is -3.40. The van der Waals surface area contributed by atoms with E-state index < -0.39 is 11.7 Å². The van der Waals surface area contributed by atoms with Gasteiger partial charge in [-0.3, -0.25) is 4.98 Å². The minimum atomic E-state index is -4.33. The van der Waals surface area contributed by atoms with E-state index in [1.54, 1.807) is 0 Å². The summed E-state index contributed by atoms with van der Waals surface area (Å²) in [6.45, 7) is 16.4. The lowest BCUT2D eigenvalue weighted by molar-refractivity contribution is -0.137. The molecule has 0 fully saturated rings. The van der Waals surface area contributed by atoms with Gasteiger partial charge in [0.25, 0.3) is 0 Å². The Balaban J connectivity index is 0.000000318. The number of benzene rings is 3. The van der Waals surface area contributed by atoms with Crippen LogP contribution in [0.2, 0.25) is 0 Å². The Kier molecular flexibility index (Phi) is 12.7. The Morgan fingerprint density at radius 1 is 0.556 bits per heavy atom. The van der Waals surface area contributed by atoms with E-state index in [1.165, 1.54) is 33.9 Å². The van der Waals surface area contributed by atoms with Crippen molar-refractivity contribution in [3.05, 3.63) is 113 Å². The highest BCUT2D eigenvalue weighted by molar-refractivity contribution is 5.65. The standard InChI is InChI=1S/C15H16.C13H10F3N.2C2H6/c1-11-5-4-6-14(9-11)15-8-7-12(2)13(3)10-15;1-9-2-4-10(5-3-9)12-7-6-11(8-17-12)13(14,15)16;2*1-2/h4-10H,1-3H3;2-8H,1H3;2*1-2H3. The van der Waals surface area contributed by atoms with Gasteiger partial charge in [0.15, 0.2) is 0 Å². The van der Waals surface area contributed by atoms with E-state index in [-0.39, 0.29) is 0 Å². The first-order valence-electron chi connectivity index (χ1n) is 12.4. The van der Waals surface area contributed by atoms with Gasteiger partial charge in [-0.25, -0.2) is 0 Å². The fourth-order valence-corrected chi connectivity index (χ4v) is 3.20. The van der Waals surface area contributed by atoms with Crippen molar-refractivity contribution in [2.75, 3.05) is 0 Å². The van der Waals surface area contributed by atoms with Gasteiger partial charge >= 0.3 is 6.18 Å². The largest absolute Gasteiger partial charge is 0.417 e. The third-order valence-corrected chi connectivity index (χ3v) is 5.30. The molecule has 4 aromatic rings. The average molecular weight is 494 g/mol. The lowest BCUT2D eigenvalue weighted by atomic mass is 9.99. The normalized spacial score (nSPS) is 10.1. The molecule has 0 aliphatic heterocycles. The van der Waals surface area contributed by atoms with Gasteiger partial charge in [-0.05, 0) is 62.1 Å². The number of alkyl halides is 3. The summed E-state index contributed by atoms with van der Waals surface area (Å²) < 4.78 is 37.0. The topological polar surface area (TPSA) is 12.9 Å². The minimum Gasteiger partial charge on any atom is -0.256 e. The predicted molar refractivity (Wildman–Crippen MR) is 148 cm³/mol. The average Bonchev–Trinajstić information content (AvgIpc) is 2.88. The van der Waals surface area contributed by atoms with Crippen molar-refractivity contribution in [1.82, 2.24) is 4.98 Å². The van der Waals surface area contributed by atoms with Gasteiger partial charge in [0.2, 0.25) is 0 Å². The second kappa shape index (κ2) is 14.9. The molecule has 4 heteroatoms. The molecule has 0 aliphatic rings. The number of halogens is 3. The fraction of sp³-hybridized carbons (Fsp3) is 0.281. The summed E-state index contributed by atoms with van der Waals surface area (Å²) in [5.74, 6) is 0. The molecule has 4 rings (SSSR count). The smallest absolute Gasteiger partial charge is 0.256 e. The first-order valence-corrected chi connectivity index (χ1v) is 12.4. The monoisotopic (exact) mass is 493 g/mol. The molecule has 0 radical (unpaired) electrons. The molecule has 1 aromatic heterocycles. The molecule has 0 unspecified atom stereocenters. The SMILES string of the molecule is CC.CC.Cc1ccc(-c2ccc(C(F)(F)F)cn2)cc1.Cc1cccc(-c2ccc(C)c(C)c2)c1. The number of nitrogens with zero attached hydrogens (tertiary/aromatic N) is 1. The van der Waals surface area contributed by atoms with Crippen molar-refractivity contribution in [2.24, 2.45) is 0 Å². The lowest BCUT2D eigenvalue weighted by Gasteiger charge is -2.07. The number of hydrogen-bond acceptors (Lipinski definition) is 1. The van der Waals surface area contributed by atoms with Crippen LogP contribution in [0.3, 0.4) is 0 Å². The van der Waals surface area contributed by atoms with Gasteiger partial charge in [0, 0.05) is 11.8 Å². The van der Waals surface area contributed by atoms with Gasteiger partial charge in [-0.2, -0.15) is 13.2 Å². The maximum Gasteiger partial charge on any atom is 0.417 e. The molecule has 0 amide bonds. The van der Waals surface area contributed by atoms with Crippen LogP contribution in [-0.4, -0.2) is 4.98 Å². The predicted octanol–water partition coefficient (Wildman–Crippen LogP) is 10.4. The third-order valence-electron chi connectivity index (χ3n) is 5.30. The summed E-state index contributed by atoms with van der Waals surface area (Å²) >= 11 is 0. The van der Waals surface area contributed by atoms with Gasteiger partial charge in [-0.1, -0.05) is 106 Å². The van der Waals surface area contributed by atoms with E-state index in [0.717, 1.165) is 23.4 Å². The lowest BCUT2D eigenvalue weighted by Crippen LogP contribution is -2.05. The molecule has 1 nitrogen and oxygen atoms in total. The third kappa shape index (κ3) is 9.33. The molecule has 0 saturated carbocycles. The number of pyridine rings is 1. The first-order chi connectivity index (χ1) is 17.1. The van der Waals surface area contributed by atoms with Crippen molar-refractivity contribution in [3.63, 3.8) is 0 Å². The maximum absolute atomic E-state index is 12.3. The molecule has 192 valence electrons. The minimum absolute atomic E-state index is 0.540. The van der Waals surface area contributed by atoms with E-state index in [1.807, 2.05) is 58.9 Å². The van der Waals surface area contributed by atoms with E-state index in [2.05, 4.69) is 68.2 Å². The number of rotatable bonds is 2. The second-order valence-corrected chi connectivity index (χ2v) is 7.96. The molecule has 0 aliphatic carbocycles. The highest BCUT2D eigenvalue weighted by Crippen LogP contribution is 2.29. The van der Waals surface area contributed by atoms with Crippen LogP contribution in [0.25, 0.3) is 22.4 Å². The molecule has 0 N–H and O–H groups in total. The summed E-state index contributed by atoms with van der Waals surface area (Å²) in [7, 11) is 0. The Morgan fingerprint density at radius 2 is 1.14 bits per heavy atom. The summed E-state index contributed by atoms with van der Waals surface area (Å²) in [6.07, 6.45) is -3.48. The molecule has 36 heavy (non-hydrogen) atoms. The van der Waals surface area contributed by atoms with Crippen LogP contribution >= 0.6 is 0 Å². The highest BCUT2D eigenvalue weighted by atomic mass is 19.4. The summed E-state index contributed by atoms with van der Waals surface area (Å²) in [5.41, 5.74) is 8.35. The highest BCUT2D eigenvalue weighted by Gasteiger charge is 2.30. The van der Waals surface area contributed by atoms with Crippen LogP contribution in [0, 0.1) is 27.7 Å². The summed E-state index contributed by atoms with van der Waals surface area (Å²) in [6, 6.07) is 25.2. The van der Waals surface area contributed by atoms with Gasteiger partial charge in [0.1, 0.15) is 0 Å². The Bertz CT molecular complexity index is 1180. The summed E-state index contributed by atoms with van der Waals surface area (Å²) in [4.78, 5) is 3.83. The van der Waals surface area contributed by atoms with Crippen molar-refractivity contribution >= 4 is 0 Å². The van der Waals surface area contributed by atoms with Crippen molar-refractivity contribution < 1.29 is 13.2 Å². The van der Waals surface area contributed by atoms with Crippen LogP contribution in [0.1, 0.15) is 55.5 Å². The van der Waals surface area contributed by atoms with E-state index in [0.29, 0.717) is 5.69 Å². The van der Waals surface area contributed by atoms with E-state index in [4.69, 9.17) is 0 Å². The van der Waals surface area contributed by atoms with Crippen LogP contribution in [0.15, 0.2) is 85.1 Å². The molecule has 3 aromatic carbocycles. The molecule has 0 atom stereocenters. The van der Waals surface area contributed by atoms with E-state index in [9.17, 15) is 13.2 Å². The molecular weight excluding hydrogens is 455 g/mol. The second-order valence-electron chi connectivity index (χ2n) is 7.96. The van der Waals surface area contributed by atoms with Crippen LogP contribution < -0.4 is 0 Å². The quantitative estimate of drug-likeness (QED) is 0.271. The zero-order valence-electron chi connectivity index (χ0n) is 22.7. The molecule has 0 spiro atoms. The number of aryl methyl sites for hydroxylation is 4. The zero-order chi connectivity index (χ0) is 27.3. The number of hydrogen-bond donors (Lipinski definition) is 0. The Morgan fingerprint density at radius 3 is 1.64 bits per heavy atom. The number of aromatic nitrogens is 1. The first kappa shape index (κ1) is 30.6. The van der Waals surface area contributed by atoms with Crippen LogP contribution in [0.5, 0.6) is 0 Å². The van der Waals surface area contributed by atoms with Crippen molar-refractivity contribution in [2.45, 2.75) is 61.6 Å². The summed E-state index contributed by atoms with van der Waals surface area (Å²) in [5, 5.41) is 0. The van der Waals surface area contributed by atoms with Gasteiger partial charge in [-0.15, -0.1) is 0 Å². The van der Waals surface area contributed by atoms with Crippen molar-refractivity contribution in [3.8, 4) is 22.4 Å². The van der Waals surface area contributed by atoms with E-state index >= 15 is 0 Å². The van der Waals surface area contributed by atoms with Gasteiger partial charge < -0.3 is 0 Å². The molecule has 0 saturated heterocycles. The van der Waals surface area contributed by atoms with Crippen LogP contribution in [0.4, 0.5) is 13.2 Å². The fourth-order valence-electron chi connectivity index (χ4n) is 3.20. The maximum atomic E-state index is 12.3. The Labute approximate surface area is 215 Å². The van der Waals surface area contributed by atoms with Crippen LogP contribution in [-0.2, 0) is 6.18 Å². The van der Waals surface area contributed by atoms with Crippen molar-refractivity contribution in [1.29, 1.82) is 0 Å².